The van der Waals surface area contributed by atoms with E-state index in [9.17, 15) is 4.79 Å². The van der Waals surface area contributed by atoms with Gasteiger partial charge in [-0.05, 0) is 25.7 Å². The molecule has 1 aliphatic carbocycles. The number of amides is 1. The first-order valence-corrected chi connectivity index (χ1v) is 6.38. The first-order valence-electron chi connectivity index (χ1n) is 6.38. The van der Waals surface area contributed by atoms with Crippen molar-refractivity contribution in [2.75, 3.05) is 0 Å². The molecule has 0 saturated heterocycles. The van der Waals surface area contributed by atoms with E-state index < -0.39 is 0 Å². The van der Waals surface area contributed by atoms with Gasteiger partial charge < -0.3 is 14.4 Å². The lowest BCUT2D eigenvalue weighted by atomic mass is 9.91. The minimum Gasteiger partial charge on any atom is -0.351 e. The Bertz CT molecular complexity index is 514. The maximum Gasteiger partial charge on any atom is 0.290 e. The van der Waals surface area contributed by atoms with Crippen molar-refractivity contribution in [2.45, 2.75) is 37.8 Å². The molecule has 19 heavy (non-hydrogen) atoms. The lowest BCUT2D eigenvalue weighted by Gasteiger charge is -2.29. The van der Waals surface area contributed by atoms with E-state index >= 15 is 0 Å². The molecule has 1 saturated carbocycles. The van der Waals surface area contributed by atoms with Crippen molar-refractivity contribution in [2.24, 2.45) is 0 Å². The predicted octanol–water partition coefficient (Wildman–Crippen LogP) is 1.18. The highest BCUT2D eigenvalue weighted by Crippen LogP contribution is 2.28. The molecule has 1 fully saturated rings. The zero-order valence-electron chi connectivity index (χ0n) is 10.4. The third kappa shape index (κ3) is 2.64. The van der Waals surface area contributed by atoms with E-state index in [4.69, 9.17) is 4.52 Å². The van der Waals surface area contributed by atoms with Gasteiger partial charge in [-0.2, -0.15) is 0 Å². The fraction of sp³-hybridized carbons (Fsp3) is 0.500. The summed E-state index contributed by atoms with van der Waals surface area (Å²) in [6.45, 7) is 0. The zero-order valence-corrected chi connectivity index (χ0v) is 10.4. The highest BCUT2D eigenvalue weighted by atomic mass is 16.5. The van der Waals surface area contributed by atoms with Gasteiger partial charge in [0.2, 0.25) is 5.76 Å². The summed E-state index contributed by atoms with van der Waals surface area (Å²) >= 11 is 0. The van der Waals surface area contributed by atoms with Crippen LogP contribution in [0, 0.1) is 0 Å². The van der Waals surface area contributed by atoms with Gasteiger partial charge in [-0.15, -0.1) is 10.2 Å². The van der Waals surface area contributed by atoms with Crippen molar-refractivity contribution in [1.82, 2.24) is 25.2 Å². The van der Waals surface area contributed by atoms with Crippen LogP contribution in [0.5, 0.6) is 0 Å². The Morgan fingerprint density at radius 3 is 2.63 bits per heavy atom. The maximum absolute atomic E-state index is 11.8. The average molecular weight is 261 g/mol. The lowest BCUT2D eigenvalue weighted by Crippen LogP contribution is -2.37. The smallest absolute Gasteiger partial charge is 0.290 e. The molecule has 2 aromatic rings. The van der Waals surface area contributed by atoms with Crippen LogP contribution < -0.4 is 5.32 Å². The molecule has 0 bridgehead atoms. The number of nitrogens with one attached hydrogen (secondary N) is 1. The summed E-state index contributed by atoms with van der Waals surface area (Å²) in [6.07, 6.45) is 8.89. The van der Waals surface area contributed by atoms with Crippen LogP contribution in [0.25, 0.3) is 0 Å². The van der Waals surface area contributed by atoms with Gasteiger partial charge in [0.1, 0.15) is 12.7 Å². The second kappa shape index (κ2) is 5.21. The summed E-state index contributed by atoms with van der Waals surface area (Å²) in [4.78, 5) is 11.8. The number of hydrogen-bond donors (Lipinski definition) is 1. The number of aromatic nitrogens is 4. The Morgan fingerprint density at radius 2 is 2.00 bits per heavy atom. The van der Waals surface area contributed by atoms with Crippen LogP contribution in [0.15, 0.2) is 29.4 Å². The molecule has 100 valence electrons. The Labute approximate surface area is 110 Å². The minimum absolute atomic E-state index is 0.190. The van der Waals surface area contributed by atoms with Gasteiger partial charge in [0.15, 0.2) is 0 Å². The Balaban J connectivity index is 1.52. The van der Waals surface area contributed by atoms with E-state index in [1.807, 2.05) is 4.57 Å². The molecular formula is C12H15N5O2. The van der Waals surface area contributed by atoms with Crippen LogP contribution in [0.2, 0.25) is 0 Å². The Hall–Kier alpha value is -2.18. The van der Waals surface area contributed by atoms with E-state index in [1.54, 1.807) is 18.7 Å². The van der Waals surface area contributed by atoms with Gasteiger partial charge in [-0.3, -0.25) is 4.79 Å². The average Bonchev–Trinajstić information content (AvgIpc) is 3.13. The summed E-state index contributed by atoms with van der Waals surface area (Å²) in [6, 6.07) is 2.21. The predicted molar refractivity (Wildman–Crippen MR) is 65.3 cm³/mol. The number of carbonyl (C=O) groups excluding carboxylic acids is 1. The van der Waals surface area contributed by atoms with E-state index in [2.05, 4.69) is 20.7 Å². The fourth-order valence-corrected chi connectivity index (χ4v) is 2.50. The molecule has 3 rings (SSSR count). The van der Waals surface area contributed by atoms with Crippen molar-refractivity contribution in [3.8, 4) is 0 Å². The van der Waals surface area contributed by atoms with Crippen LogP contribution in [0.4, 0.5) is 0 Å². The normalized spacial score (nSPS) is 23.2. The van der Waals surface area contributed by atoms with Gasteiger partial charge in [0.25, 0.3) is 5.91 Å². The van der Waals surface area contributed by atoms with Gasteiger partial charge >= 0.3 is 0 Å². The number of rotatable bonds is 3. The third-order valence-electron chi connectivity index (χ3n) is 3.55. The van der Waals surface area contributed by atoms with Crippen LogP contribution in [0.1, 0.15) is 42.3 Å². The Kier molecular flexibility index (Phi) is 3.26. The van der Waals surface area contributed by atoms with Crippen LogP contribution >= 0.6 is 0 Å². The first-order chi connectivity index (χ1) is 9.33. The van der Waals surface area contributed by atoms with Gasteiger partial charge in [-0.1, -0.05) is 5.16 Å². The summed E-state index contributed by atoms with van der Waals surface area (Å²) in [5.74, 6) is 0.0752. The molecule has 0 radical (unpaired) electrons. The number of nitrogens with zero attached hydrogens (tertiary/aromatic N) is 4. The van der Waals surface area contributed by atoms with E-state index in [-0.39, 0.29) is 17.7 Å². The van der Waals surface area contributed by atoms with Crippen LogP contribution in [-0.2, 0) is 0 Å². The summed E-state index contributed by atoms with van der Waals surface area (Å²) in [5, 5.41) is 14.1. The van der Waals surface area contributed by atoms with Gasteiger partial charge in [0.05, 0.1) is 6.20 Å². The Morgan fingerprint density at radius 1 is 1.26 bits per heavy atom. The van der Waals surface area contributed by atoms with Crippen molar-refractivity contribution >= 4 is 5.91 Å². The van der Waals surface area contributed by atoms with Crippen molar-refractivity contribution < 1.29 is 9.32 Å². The van der Waals surface area contributed by atoms with Crippen molar-refractivity contribution in [1.29, 1.82) is 0 Å². The molecule has 0 aliphatic heterocycles. The molecular weight excluding hydrogens is 246 g/mol. The minimum atomic E-state index is -0.190. The summed E-state index contributed by atoms with van der Waals surface area (Å²) < 4.78 is 6.87. The lowest BCUT2D eigenvalue weighted by molar-refractivity contribution is 0.0885. The number of carbonyl (C=O) groups is 1. The molecule has 0 aromatic carbocycles. The van der Waals surface area contributed by atoms with Crippen LogP contribution in [0.3, 0.4) is 0 Å². The third-order valence-corrected chi connectivity index (χ3v) is 3.55. The standard InChI is InChI=1S/C12H15N5O2/c18-12(11-5-6-15-19-11)16-9-1-3-10(4-2-9)17-7-13-14-8-17/h5-10H,1-4H2,(H,16,18). The highest BCUT2D eigenvalue weighted by molar-refractivity contribution is 5.91. The highest BCUT2D eigenvalue weighted by Gasteiger charge is 2.24. The van der Waals surface area contributed by atoms with E-state index in [0.29, 0.717) is 6.04 Å². The van der Waals surface area contributed by atoms with Crippen LogP contribution in [-0.4, -0.2) is 31.9 Å². The molecule has 0 spiro atoms. The zero-order chi connectivity index (χ0) is 13.1. The molecule has 0 atom stereocenters. The van der Waals surface area contributed by atoms with E-state index in [1.165, 1.54) is 6.20 Å². The summed E-state index contributed by atoms with van der Waals surface area (Å²) in [5.41, 5.74) is 0. The second-order valence-corrected chi connectivity index (χ2v) is 4.76. The molecule has 1 amide bonds. The molecule has 1 N–H and O–H groups in total. The van der Waals surface area contributed by atoms with Gasteiger partial charge in [-0.25, -0.2) is 0 Å². The van der Waals surface area contributed by atoms with Crippen molar-refractivity contribution in [3.05, 3.63) is 30.7 Å². The molecule has 2 aromatic heterocycles. The molecule has 2 heterocycles. The largest absolute Gasteiger partial charge is 0.351 e. The molecule has 0 unspecified atom stereocenters. The monoisotopic (exact) mass is 261 g/mol. The molecule has 1 aliphatic rings. The number of hydrogen-bond acceptors (Lipinski definition) is 5. The van der Waals surface area contributed by atoms with E-state index in [0.717, 1.165) is 25.7 Å². The second-order valence-electron chi connectivity index (χ2n) is 4.76. The molecule has 7 nitrogen and oxygen atoms in total. The SMILES string of the molecule is O=C(NC1CCC(n2cnnc2)CC1)c1ccno1. The first kappa shape index (κ1) is 11.9. The maximum atomic E-state index is 11.8. The van der Waals surface area contributed by atoms with Crippen molar-refractivity contribution in [3.63, 3.8) is 0 Å². The fourth-order valence-electron chi connectivity index (χ4n) is 2.50. The van der Waals surface area contributed by atoms with Gasteiger partial charge in [0, 0.05) is 18.2 Å². The summed E-state index contributed by atoms with van der Waals surface area (Å²) in [7, 11) is 0. The molecule has 7 heteroatoms. The quantitative estimate of drug-likeness (QED) is 0.896. The topological polar surface area (TPSA) is 85.8 Å².